The average molecular weight is 249 g/mol. The molecule has 0 radical (unpaired) electrons. The number of methoxy groups -OCH3 is 2. The minimum absolute atomic E-state index is 0.0233. The smallest absolute Gasteiger partial charge is 0.190 e. The Kier molecular flexibility index (Phi) is 4.39. The van der Waals surface area contributed by atoms with Crippen molar-refractivity contribution < 1.29 is 14.3 Å². The highest BCUT2D eigenvalue weighted by molar-refractivity contribution is 6.37. The van der Waals surface area contributed by atoms with E-state index in [1.807, 2.05) is 0 Å². The maximum Gasteiger partial charge on any atom is 0.190 e. The summed E-state index contributed by atoms with van der Waals surface area (Å²) in [7, 11) is 2.92. The third-order valence-electron chi connectivity index (χ3n) is 1.82. The Balaban J connectivity index is 3.12. The van der Waals surface area contributed by atoms with Crippen LogP contribution in [0.4, 0.5) is 0 Å². The van der Waals surface area contributed by atoms with Crippen molar-refractivity contribution in [2.75, 3.05) is 20.8 Å². The van der Waals surface area contributed by atoms with Crippen LogP contribution in [0, 0.1) is 0 Å². The van der Waals surface area contributed by atoms with Gasteiger partial charge in [0.05, 0.1) is 17.2 Å². The second kappa shape index (κ2) is 5.35. The third kappa shape index (κ3) is 2.84. The summed E-state index contributed by atoms with van der Waals surface area (Å²) < 4.78 is 9.72. The maximum absolute atomic E-state index is 11.5. The fourth-order valence-corrected chi connectivity index (χ4v) is 1.67. The molecular formula is C10H10Cl2O3. The van der Waals surface area contributed by atoms with E-state index in [1.165, 1.54) is 26.4 Å². The van der Waals surface area contributed by atoms with Gasteiger partial charge < -0.3 is 9.47 Å². The van der Waals surface area contributed by atoms with Crippen LogP contribution in [-0.2, 0) is 4.74 Å². The predicted octanol–water partition coefficient (Wildman–Crippen LogP) is 2.83. The Morgan fingerprint density at radius 1 is 1.27 bits per heavy atom. The van der Waals surface area contributed by atoms with Crippen LogP contribution < -0.4 is 4.74 Å². The second-order valence-corrected chi connectivity index (χ2v) is 3.64. The lowest BCUT2D eigenvalue weighted by atomic mass is 10.1. The molecule has 15 heavy (non-hydrogen) atoms. The maximum atomic E-state index is 11.5. The number of ketones is 1. The largest absolute Gasteiger partial charge is 0.495 e. The first-order valence-corrected chi connectivity index (χ1v) is 4.91. The zero-order valence-corrected chi connectivity index (χ0v) is 9.85. The molecule has 0 amide bonds. The molecule has 0 bridgehead atoms. The molecule has 3 nitrogen and oxygen atoms in total. The van der Waals surface area contributed by atoms with E-state index in [0.717, 1.165) is 0 Å². The van der Waals surface area contributed by atoms with Gasteiger partial charge in [0.25, 0.3) is 0 Å². The molecule has 5 heteroatoms. The normalized spacial score (nSPS) is 10.1. The summed E-state index contributed by atoms with van der Waals surface area (Å²) in [5, 5.41) is 0.666. The summed E-state index contributed by atoms with van der Waals surface area (Å²) >= 11 is 11.7. The number of hydrogen-bond acceptors (Lipinski definition) is 3. The molecule has 0 saturated carbocycles. The zero-order chi connectivity index (χ0) is 11.4. The highest BCUT2D eigenvalue weighted by Crippen LogP contribution is 2.31. The van der Waals surface area contributed by atoms with Crippen molar-refractivity contribution in [3.05, 3.63) is 27.7 Å². The number of Topliss-reactive ketones (excluding diaryl/α,β-unsaturated/α-hetero) is 1. The molecule has 0 aliphatic heterocycles. The third-order valence-corrected chi connectivity index (χ3v) is 2.43. The molecule has 0 unspecified atom stereocenters. The lowest BCUT2D eigenvalue weighted by molar-refractivity contribution is 0.0848. The molecule has 1 rings (SSSR count). The van der Waals surface area contributed by atoms with Gasteiger partial charge in [0.15, 0.2) is 5.78 Å². The molecule has 0 heterocycles. The van der Waals surface area contributed by atoms with Gasteiger partial charge >= 0.3 is 0 Å². The van der Waals surface area contributed by atoms with Crippen LogP contribution in [0.3, 0.4) is 0 Å². The number of rotatable bonds is 4. The molecule has 0 saturated heterocycles. The Labute approximate surface area is 97.9 Å². The molecular weight excluding hydrogens is 239 g/mol. The Bertz CT molecular complexity index is 377. The monoisotopic (exact) mass is 248 g/mol. The van der Waals surface area contributed by atoms with Crippen molar-refractivity contribution in [2.24, 2.45) is 0 Å². The first-order valence-electron chi connectivity index (χ1n) is 4.15. The molecule has 0 aliphatic carbocycles. The molecule has 1 aromatic rings. The van der Waals surface area contributed by atoms with Crippen LogP contribution in [0.15, 0.2) is 12.1 Å². The van der Waals surface area contributed by atoms with E-state index >= 15 is 0 Å². The Morgan fingerprint density at radius 2 is 1.93 bits per heavy atom. The number of halogens is 2. The highest BCUT2D eigenvalue weighted by Gasteiger charge is 2.14. The average Bonchev–Trinajstić information content (AvgIpc) is 2.18. The van der Waals surface area contributed by atoms with Gasteiger partial charge in [-0.1, -0.05) is 23.2 Å². The number of carbonyl (C=O) groups excluding carboxylic acids is 1. The van der Waals surface area contributed by atoms with Crippen molar-refractivity contribution in [1.82, 2.24) is 0 Å². The van der Waals surface area contributed by atoms with E-state index in [4.69, 9.17) is 32.7 Å². The number of hydrogen-bond donors (Lipinski definition) is 0. The minimum atomic E-state index is -0.211. The van der Waals surface area contributed by atoms with Gasteiger partial charge in [-0.15, -0.1) is 0 Å². The van der Waals surface area contributed by atoms with E-state index < -0.39 is 0 Å². The predicted molar refractivity (Wildman–Crippen MR) is 59.2 cm³/mol. The van der Waals surface area contributed by atoms with Crippen LogP contribution in [0.1, 0.15) is 10.4 Å². The van der Waals surface area contributed by atoms with E-state index in [9.17, 15) is 4.79 Å². The Morgan fingerprint density at radius 3 is 2.47 bits per heavy atom. The van der Waals surface area contributed by atoms with Crippen LogP contribution in [-0.4, -0.2) is 26.6 Å². The quantitative estimate of drug-likeness (QED) is 0.769. The summed E-state index contributed by atoms with van der Waals surface area (Å²) in [6.45, 7) is -0.0233. The summed E-state index contributed by atoms with van der Waals surface area (Å²) in [5.74, 6) is 0.206. The molecule has 0 spiro atoms. The summed E-state index contributed by atoms with van der Waals surface area (Å²) in [6, 6.07) is 2.98. The second-order valence-electron chi connectivity index (χ2n) is 2.82. The number of benzene rings is 1. The topological polar surface area (TPSA) is 35.5 Å². The number of carbonyl (C=O) groups is 1. The molecule has 0 fully saturated rings. The van der Waals surface area contributed by atoms with Crippen molar-refractivity contribution in [3.63, 3.8) is 0 Å². The van der Waals surface area contributed by atoms with Crippen molar-refractivity contribution in [3.8, 4) is 5.75 Å². The van der Waals surface area contributed by atoms with E-state index in [2.05, 4.69) is 0 Å². The lowest BCUT2D eigenvalue weighted by Gasteiger charge is -2.07. The van der Waals surface area contributed by atoms with Crippen molar-refractivity contribution in [2.45, 2.75) is 0 Å². The van der Waals surface area contributed by atoms with Gasteiger partial charge in [-0.2, -0.15) is 0 Å². The SMILES string of the molecule is COCC(=O)c1cc(OC)c(Cl)cc1Cl. The molecule has 0 aliphatic rings. The van der Waals surface area contributed by atoms with Gasteiger partial charge in [-0.05, 0) is 12.1 Å². The van der Waals surface area contributed by atoms with Crippen molar-refractivity contribution >= 4 is 29.0 Å². The number of ether oxygens (including phenoxy) is 2. The van der Waals surface area contributed by atoms with Gasteiger partial charge in [0.2, 0.25) is 0 Å². The summed E-state index contributed by atoms with van der Waals surface area (Å²) in [5.41, 5.74) is 0.347. The van der Waals surface area contributed by atoms with Crippen molar-refractivity contribution in [1.29, 1.82) is 0 Å². The van der Waals surface area contributed by atoms with Gasteiger partial charge in [0, 0.05) is 12.7 Å². The van der Waals surface area contributed by atoms with Crippen LogP contribution >= 0.6 is 23.2 Å². The molecule has 0 aromatic heterocycles. The van der Waals surface area contributed by atoms with Crippen LogP contribution in [0.5, 0.6) is 5.75 Å². The lowest BCUT2D eigenvalue weighted by Crippen LogP contribution is -2.08. The van der Waals surface area contributed by atoms with Crippen LogP contribution in [0.25, 0.3) is 0 Å². The van der Waals surface area contributed by atoms with Crippen LogP contribution in [0.2, 0.25) is 10.0 Å². The molecule has 82 valence electrons. The minimum Gasteiger partial charge on any atom is -0.495 e. The van der Waals surface area contributed by atoms with E-state index in [1.54, 1.807) is 0 Å². The van der Waals surface area contributed by atoms with Gasteiger partial charge in [-0.3, -0.25) is 4.79 Å². The van der Waals surface area contributed by atoms with E-state index in [-0.39, 0.29) is 12.4 Å². The summed E-state index contributed by atoms with van der Waals surface area (Å²) in [4.78, 5) is 11.5. The first kappa shape index (κ1) is 12.3. The first-order chi connectivity index (χ1) is 7.10. The molecule has 0 atom stereocenters. The molecule has 1 aromatic carbocycles. The standard InChI is InChI=1S/C10H10Cl2O3/c1-14-5-9(13)6-3-10(15-2)8(12)4-7(6)11/h3-4H,5H2,1-2H3. The zero-order valence-electron chi connectivity index (χ0n) is 8.34. The van der Waals surface area contributed by atoms with Gasteiger partial charge in [0.1, 0.15) is 12.4 Å². The summed E-state index contributed by atoms with van der Waals surface area (Å²) in [6.07, 6.45) is 0. The fourth-order valence-electron chi connectivity index (χ4n) is 1.11. The molecule has 0 N–H and O–H groups in total. The Hall–Kier alpha value is -0.770. The van der Waals surface area contributed by atoms with E-state index in [0.29, 0.717) is 21.4 Å². The highest BCUT2D eigenvalue weighted by atomic mass is 35.5. The van der Waals surface area contributed by atoms with Gasteiger partial charge in [-0.25, -0.2) is 0 Å². The fraction of sp³-hybridized carbons (Fsp3) is 0.300.